The molecule has 0 radical (unpaired) electrons. The van der Waals surface area contributed by atoms with E-state index in [9.17, 15) is 13.2 Å². The minimum absolute atomic E-state index is 0.153. The van der Waals surface area contributed by atoms with Crippen molar-refractivity contribution in [1.82, 2.24) is 9.97 Å². The maximum Gasteiger partial charge on any atom is 0.451 e. The van der Waals surface area contributed by atoms with Crippen molar-refractivity contribution >= 4 is 11.6 Å². The summed E-state index contributed by atoms with van der Waals surface area (Å²) in [4.78, 5) is 6.92. The molecule has 0 saturated heterocycles. The zero-order chi connectivity index (χ0) is 15.0. The van der Waals surface area contributed by atoms with Gasteiger partial charge in [0.15, 0.2) is 0 Å². The van der Waals surface area contributed by atoms with E-state index in [1.54, 1.807) is 6.92 Å². The second-order valence-corrected chi connectivity index (χ2v) is 3.97. The van der Waals surface area contributed by atoms with E-state index in [1.165, 1.54) is 6.07 Å². The van der Waals surface area contributed by atoms with E-state index in [1.807, 2.05) is 6.92 Å². The number of rotatable bonds is 8. The molecule has 5 nitrogen and oxygen atoms in total. The summed E-state index contributed by atoms with van der Waals surface area (Å²) in [6.07, 6.45) is -3.87. The summed E-state index contributed by atoms with van der Waals surface area (Å²) >= 11 is 0. The molecular formula is C12H19F3N4O. The Kier molecular flexibility index (Phi) is 6.50. The largest absolute Gasteiger partial charge is 0.451 e. The molecule has 20 heavy (non-hydrogen) atoms. The number of hydrogen-bond donors (Lipinski definition) is 2. The number of nitrogens with one attached hydrogen (secondary N) is 2. The number of ether oxygens (including phenoxy) is 1. The number of halogens is 3. The first-order valence-corrected chi connectivity index (χ1v) is 6.49. The molecule has 1 aromatic heterocycles. The summed E-state index contributed by atoms with van der Waals surface area (Å²) in [5.41, 5.74) is 0. The van der Waals surface area contributed by atoms with Crippen LogP contribution in [-0.2, 0) is 10.9 Å². The Morgan fingerprint density at radius 3 is 2.35 bits per heavy atom. The Morgan fingerprint density at radius 2 is 1.80 bits per heavy atom. The van der Waals surface area contributed by atoms with Gasteiger partial charge in [-0.1, -0.05) is 0 Å². The molecular weight excluding hydrogens is 273 g/mol. The Bertz CT molecular complexity index is 412. The molecule has 0 unspecified atom stereocenters. The third-order valence-electron chi connectivity index (χ3n) is 2.31. The van der Waals surface area contributed by atoms with Crippen molar-refractivity contribution in [1.29, 1.82) is 0 Å². The van der Waals surface area contributed by atoms with Gasteiger partial charge in [0.25, 0.3) is 0 Å². The maximum atomic E-state index is 12.7. The summed E-state index contributed by atoms with van der Waals surface area (Å²) in [5.74, 6) is -0.842. The van der Waals surface area contributed by atoms with E-state index >= 15 is 0 Å². The summed E-state index contributed by atoms with van der Waals surface area (Å²) in [7, 11) is 0. The molecule has 0 saturated carbocycles. The van der Waals surface area contributed by atoms with Crippen molar-refractivity contribution in [3.05, 3.63) is 11.9 Å². The van der Waals surface area contributed by atoms with Crippen LogP contribution >= 0.6 is 0 Å². The topological polar surface area (TPSA) is 59.1 Å². The molecule has 114 valence electrons. The van der Waals surface area contributed by atoms with Gasteiger partial charge in [0, 0.05) is 32.4 Å². The smallest absolute Gasteiger partial charge is 0.382 e. The van der Waals surface area contributed by atoms with E-state index in [-0.39, 0.29) is 11.6 Å². The predicted octanol–water partition coefficient (Wildman–Crippen LogP) is 2.77. The molecule has 0 aromatic carbocycles. The van der Waals surface area contributed by atoms with E-state index in [0.29, 0.717) is 32.7 Å². The van der Waals surface area contributed by atoms with Crippen molar-refractivity contribution in [3.63, 3.8) is 0 Å². The lowest BCUT2D eigenvalue weighted by Crippen LogP contribution is -2.16. The van der Waals surface area contributed by atoms with Crippen LogP contribution in [0.3, 0.4) is 0 Å². The van der Waals surface area contributed by atoms with Crippen molar-refractivity contribution in [2.45, 2.75) is 26.4 Å². The second-order valence-electron chi connectivity index (χ2n) is 3.97. The van der Waals surface area contributed by atoms with Crippen LogP contribution in [-0.4, -0.2) is 36.3 Å². The molecule has 0 aliphatic heterocycles. The fraction of sp³-hybridized carbons (Fsp3) is 0.667. The minimum atomic E-state index is -4.56. The summed E-state index contributed by atoms with van der Waals surface area (Å²) in [6, 6.07) is 1.46. The van der Waals surface area contributed by atoms with Crippen LogP contribution in [0.2, 0.25) is 0 Å². The predicted molar refractivity (Wildman–Crippen MR) is 70.8 cm³/mol. The highest BCUT2D eigenvalue weighted by molar-refractivity contribution is 5.47. The van der Waals surface area contributed by atoms with Crippen LogP contribution in [0.1, 0.15) is 26.1 Å². The van der Waals surface area contributed by atoms with Crippen LogP contribution in [0.25, 0.3) is 0 Å². The van der Waals surface area contributed by atoms with Gasteiger partial charge >= 0.3 is 6.18 Å². The molecule has 0 fully saturated rings. The summed E-state index contributed by atoms with van der Waals surface area (Å²) < 4.78 is 43.2. The van der Waals surface area contributed by atoms with Crippen LogP contribution in [0.5, 0.6) is 0 Å². The Morgan fingerprint density at radius 1 is 1.15 bits per heavy atom. The Labute approximate surface area is 116 Å². The average molecular weight is 292 g/mol. The SMILES string of the molecule is CCNc1cc(NCCCOCC)nc(C(F)(F)F)n1. The molecule has 8 heteroatoms. The number of hydrogen-bond acceptors (Lipinski definition) is 5. The van der Waals surface area contributed by atoms with E-state index < -0.39 is 12.0 Å². The summed E-state index contributed by atoms with van der Waals surface area (Å²) in [5, 5.41) is 5.60. The Balaban J connectivity index is 2.71. The molecule has 0 atom stereocenters. The lowest BCUT2D eigenvalue weighted by atomic mass is 10.4. The zero-order valence-electron chi connectivity index (χ0n) is 11.5. The van der Waals surface area contributed by atoms with E-state index in [2.05, 4.69) is 20.6 Å². The molecule has 0 amide bonds. The lowest BCUT2D eigenvalue weighted by Gasteiger charge is -2.12. The second kappa shape index (κ2) is 7.88. The maximum absolute atomic E-state index is 12.7. The number of aromatic nitrogens is 2. The van der Waals surface area contributed by atoms with Crippen molar-refractivity contribution in [3.8, 4) is 0 Å². The van der Waals surface area contributed by atoms with E-state index in [4.69, 9.17) is 4.74 Å². The highest BCUT2D eigenvalue weighted by Crippen LogP contribution is 2.28. The third kappa shape index (κ3) is 5.60. The number of anilines is 2. The highest BCUT2D eigenvalue weighted by Gasteiger charge is 2.35. The van der Waals surface area contributed by atoms with Gasteiger partial charge < -0.3 is 15.4 Å². The van der Waals surface area contributed by atoms with Crippen LogP contribution in [0.15, 0.2) is 6.07 Å². The van der Waals surface area contributed by atoms with Gasteiger partial charge in [0.1, 0.15) is 11.6 Å². The minimum Gasteiger partial charge on any atom is -0.382 e. The first-order chi connectivity index (χ1) is 9.47. The monoisotopic (exact) mass is 292 g/mol. The van der Waals surface area contributed by atoms with Crippen LogP contribution in [0, 0.1) is 0 Å². The average Bonchev–Trinajstić information content (AvgIpc) is 2.38. The van der Waals surface area contributed by atoms with Gasteiger partial charge in [-0.3, -0.25) is 0 Å². The molecule has 0 aliphatic carbocycles. The zero-order valence-corrected chi connectivity index (χ0v) is 11.5. The molecule has 2 N–H and O–H groups in total. The first-order valence-electron chi connectivity index (χ1n) is 6.49. The van der Waals surface area contributed by atoms with Gasteiger partial charge in [-0.2, -0.15) is 13.2 Å². The fourth-order valence-corrected chi connectivity index (χ4v) is 1.47. The van der Waals surface area contributed by atoms with Crippen LogP contribution < -0.4 is 10.6 Å². The number of alkyl halides is 3. The molecule has 0 bridgehead atoms. The molecule has 1 rings (SSSR count). The van der Waals surface area contributed by atoms with Gasteiger partial charge in [-0.15, -0.1) is 0 Å². The molecule has 0 aliphatic rings. The van der Waals surface area contributed by atoms with E-state index in [0.717, 1.165) is 0 Å². The van der Waals surface area contributed by atoms with Gasteiger partial charge in [-0.05, 0) is 20.3 Å². The summed E-state index contributed by atoms with van der Waals surface area (Å²) in [6.45, 7) is 5.82. The van der Waals surface area contributed by atoms with Gasteiger partial charge in [0.2, 0.25) is 5.82 Å². The lowest BCUT2D eigenvalue weighted by molar-refractivity contribution is -0.144. The third-order valence-corrected chi connectivity index (χ3v) is 2.31. The van der Waals surface area contributed by atoms with Crippen molar-refractivity contribution < 1.29 is 17.9 Å². The standard InChI is InChI=1S/C12H19F3N4O/c1-3-16-9-8-10(17-6-5-7-20-4-2)19-11(18-9)12(13,14)15/h8H,3-7H2,1-2H3,(H2,16,17,18,19). The number of nitrogens with zero attached hydrogens (tertiary/aromatic N) is 2. The highest BCUT2D eigenvalue weighted by atomic mass is 19.4. The van der Waals surface area contributed by atoms with Crippen molar-refractivity contribution in [2.24, 2.45) is 0 Å². The molecule has 1 heterocycles. The fourth-order valence-electron chi connectivity index (χ4n) is 1.47. The van der Waals surface area contributed by atoms with Gasteiger partial charge in [0.05, 0.1) is 0 Å². The van der Waals surface area contributed by atoms with Crippen LogP contribution in [0.4, 0.5) is 24.8 Å². The molecule has 0 spiro atoms. The van der Waals surface area contributed by atoms with Crippen molar-refractivity contribution in [2.75, 3.05) is 36.9 Å². The Hall–Kier alpha value is -1.57. The first kappa shape index (κ1) is 16.5. The molecule has 1 aromatic rings. The quantitative estimate of drug-likeness (QED) is 0.722. The normalized spacial score (nSPS) is 11.4. The van der Waals surface area contributed by atoms with Gasteiger partial charge in [-0.25, -0.2) is 9.97 Å².